The molecule has 0 spiro atoms. The number of anilines is 1. The van der Waals surface area contributed by atoms with E-state index in [1.807, 2.05) is 44.2 Å². The van der Waals surface area contributed by atoms with Gasteiger partial charge in [0.05, 0.1) is 22.8 Å². The molecule has 0 fully saturated rings. The first kappa shape index (κ1) is 28.1. The van der Waals surface area contributed by atoms with Crippen LogP contribution in [-0.2, 0) is 25.1 Å². The van der Waals surface area contributed by atoms with Crippen molar-refractivity contribution in [2.24, 2.45) is 0 Å². The van der Waals surface area contributed by atoms with Gasteiger partial charge in [0, 0.05) is 11.4 Å². The number of nitrogens with one attached hydrogen (secondary N) is 1. The fourth-order valence-electron chi connectivity index (χ4n) is 3.62. The molecule has 4 rings (SSSR count). The predicted octanol–water partition coefficient (Wildman–Crippen LogP) is 4.85. The Balaban J connectivity index is 1.47. The van der Waals surface area contributed by atoms with Gasteiger partial charge in [0.2, 0.25) is 5.91 Å². The van der Waals surface area contributed by atoms with Crippen molar-refractivity contribution in [1.82, 2.24) is 14.8 Å². The van der Waals surface area contributed by atoms with Crippen LogP contribution in [0.2, 0.25) is 0 Å². The number of ether oxygens (including phenoxy) is 1. The Morgan fingerprint density at radius 1 is 0.949 bits per heavy atom. The summed E-state index contributed by atoms with van der Waals surface area (Å²) in [6.45, 7) is 4.16. The fraction of sp³-hybridized carbons (Fsp3) is 0.214. The highest BCUT2D eigenvalue weighted by Crippen LogP contribution is 2.25. The highest BCUT2D eigenvalue weighted by atomic mass is 32.2. The summed E-state index contributed by atoms with van der Waals surface area (Å²) in [5, 5.41) is 11.5. The van der Waals surface area contributed by atoms with E-state index in [-0.39, 0.29) is 28.1 Å². The predicted molar refractivity (Wildman–Crippen MR) is 150 cm³/mol. The number of amides is 1. The van der Waals surface area contributed by atoms with E-state index in [1.54, 1.807) is 53.1 Å². The number of carbonyl (C=O) groups excluding carboxylic acids is 2. The third kappa shape index (κ3) is 7.33. The highest BCUT2D eigenvalue weighted by molar-refractivity contribution is 7.99. The van der Waals surface area contributed by atoms with Crippen LogP contribution in [0.15, 0.2) is 88.9 Å². The van der Waals surface area contributed by atoms with E-state index in [1.165, 1.54) is 0 Å². The lowest BCUT2D eigenvalue weighted by molar-refractivity contribution is -0.113. The van der Waals surface area contributed by atoms with Crippen LogP contribution in [0.25, 0.3) is 5.69 Å². The molecule has 1 heterocycles. The minimum Gasteiger partial charge on any atom is -0.462 e. The molecule has 0 atom stereocenters. The van der Waals surface area contributed by atoms with Crippen molar-refractivity contribution in [2.45, 2.75) is 36.1 Å². The minimum absolute atomic E-state index is 0.00989. The molecule has 1 amide bonds. The first-order chi connectivity index (χ1) is 18.8. The van der Waals surface area contributed by atoms with Gasteiger partial charge in [-0.1, -0.05) is 54.6 Å². The van der Waals surface area contributed by atoms with Crippen molar-refractivity contribution in [2.75, 3.05) is 17.7 Å². The van der Waals surface area contributed by atoms with E-state index < -0.39 is 15.8 Å². The molecular weight excluding hydrogens is 536 g/mol. The number of aryl methyl sites for hydroxylation is 1. The molecule has 0 bridgehead atoms. The molecule has 39 heavy (non-hydrogen) atoms. The van der Waals surface area contributed by atoms with Gasteiger partial charge in [-0.2, -0.15) is 0 Å². The molecule has 3 aromatic carbocycles. The van der Waals surface area contributed by atoms with E-state index in [2.05, 4.69) is 15.5 Å². The number of rotatable bonds is 11. The molecule has 1 N–H and O–H groups in total. The van der Waals surface area contributed by atoms with Gasteiger partial charge < -0.3 is 10.1 Å². The molecule has 0 aliphatic carbocycles. The van der Waals surface area contributed by atoms with Crippen LogP contribution in [-0.4, -0.2) is 47.4 Å². The Labute approximate surface area is 231 Å². The average molecular weight is 565 g/mol. The summed E-state index contributed by atoms with van der Waals surface area (Å²) in [4.78, 5) is 24.8. The maximum Gasteiger partial charge on any atom is 0.338 e. The van der Waals surface area contributed by atoms with Crippen LogP contribution in [0.5, 0.6) is 0 Å². The van der Waals surface area contributed by atoms with Crippen LogP contribution >= 0.6 is 11.8 Å². The first-order valence-corrected chi connectivity index (χ1v) is 14.9. The number of hydrogen-bond donors (Lipinski definition) is 1. The number of aromatic nitrogens is 3. The number of para-hydroxylation sites is 1. The van der Waals surface area contributed by atoms with E-state index >= 15 is 0 Å². The van der Waals surface area contributed by atoms with Crippen LogP contribution in [0.3, 0.4) is 0 Å². The molecule has 0 aliphatic rings. The number of benzene rings is 3. The summed E-state index contributed by atoms with van der Waals surface area (Å²) in [5.41, 5.74) is 2.58. The maximum absolute atomic E-state index is 13.1. The minimum atomic E-state index is -3.68. The van der Waals surface area contributed by atoms with Crippen molar-refractivity contribution in [3.63, 3.8) is 0 Å². The number of nitrogens with zero attached hydrogens (tertiary/aromatic N) is 3. The van der Waals surface area contributed by atoms with E-state index in [4.69, 9.17) is 4.74 Å². The van der Waals surface area contributed by atoms with Gasteiger partial charge in [0.25, 0.3) is 0 Å². The van der Waals surface area contributed by atoms with E-state index in [0.29, 0.717) is 28.7 Å². The molecule has 0 aliphatic heterocycles. The SMILES string of the molecule is CCCOC(=O)c1ccc(NC(=O)CSc2nnc(CS(=O)(=O)c3ccc(C)cc3)n2-c2ccccc2)cc1. The van der Waals surface area contributed by atoms with Crippen molar-refractivity contribution < 1.29 is 22.7 Å². The van der Waals surface area contributed by atoms with Crippen LogP contribution in [0.4, 0.5) is 5.69 Å². The van der Waals surface area contributed by atoms with Crippen molar-refractivity contribution in [3.05, 3.63) is 95.8 Å². The average Bonchev–Trinajstić information content (AvgIpc) is 3.33. The van der Waals surface area contributed by atoms with Crippen molar-refractivity contribution in [3.8, 4) is 5.69 Å². The van der Waals surface area contributed by atoms with Gasteiger partial charge in [-0.05, 0) is 61.9 Å². The lowest BCUT2D eigenvalue weighted by Crippen LogP contribution is -2.15. The number of thioether (sulfide) groups is 1. The zero-order valence-corrected chi connectivity index (χ0v) is 23.2. The second kappa shape index (κ2) is 12.7. The summed E-state index contributed by atoms with van der Waals surface area (Å²) in [7, 11) is -3.68. The molecule has 9 nitrogen and oxygen atoms in total. The second-order valence-electron chi connectivity index (χ2n) is 8.69. The zero-order valence-electron chi connectivity index (χ0n) is 21.5. The summed E-state index contributed by atoms with van der Waals surface area (Å²) in [5.74, 6) is -0.799. The quantitative estimate of drug-likeness (QED) is 0.203. The molecule has 0 saturated heterocycles. The van der Waals surface area contributed by atoms with E-state index in [9.17, 15) is 18.0 Å². The topological polar surface area (TPSA) is 120 Å². The van der Waals surface area contributed by atoms with Crippen LogP contribution in [0, 0.1) is 6.92 Å². The monoisotopic (exact) mass is 564 g/mol. The summed E-state index contributed by atoms with van der Waals surface area (Å²) < 4.78 is 33.0. The number of carbonyl (C=O) groups is 2. The molecule has 0 unspecified atom stereocenters. The van der Waals surface area contributed by atoms with Crippen LogP contribution < -0.4 is 5.32 Å². The number of hydrogen-bond acceptors (Lipinski definition) is 8. The normalized spacial score (nSPS) is 11.2. The third-order valence-corrected chi connectivity index (χ3v) is 8.15. The van der Waals surface area contributed by atoms with Gasteiger partial charge in [-0.15, -0.1) is 10.2 Å². The first-order valence-electron chi connectivity index (χ1n) is 12.3. The molecule has 0 saturated carbocycles. The summed E-state index contributed by atoms with van der Waals surface area (Å²) in [6.07, 6.45) is 0.736. The van der Waals surface area contributed by atoms with Gasteiger partial charge in [0.15, 0.2) is 20.8 Å². The fourth-order valence-corrected chi connectivity index (χ4v) is 5.63. The van der Waals surface area contributed by atoms with Crippen molar-refractivity contribution in [1.29, 1.82) is 0 Å². The third-order valence-electron chi connectivity index (χ3n) is 5.59. The van der Waals surface area contributed by atoms with Crippen molar-refractivity contribution >= 4 is 39.2 Å². The number of esters is 1. The smallest absolute Gasteiger partial charge is 0.338 e. The largest absolute Gasteiger partial charge is 0.462 e. The molecule has 0 radical (unpaired) electrons. The molecule has 1 aromatic heterocycles. The zero-order chi connectivity index (χ0) is 27.8. The second-order valence-corrected chi connectivity index (χ2v) is 11.6. The highest BCUT2D eigenvalue weighted by Gasteiger charge is 2.23. The molecule has 202 valence electrons. The van der Waals surface area contributed by atoms with Gasteiger partial charge in [0.1, 0.15) is 5.75 Å². The van der Waals surface area contributed by atoms with Gasteiger partial charge >= 0.3 is 5.97 Å². The molecule has 11 heteroatoms. The molecule has 4 aromatic rings. The Morgan fingerprint density at radius 2 is 1.64 bits per heavy atom. The number of sulfone groups is 1. The Morgan fingerprint density at radius 3 is 2.31 bits per heavy atom. The van der Waals surface area contributed by atoms with Gasteiger partial charge in [-0.25, -0.2) is 13.2 Å². The lowest BCUT2D eigenvalue weighted by Gasteiger charge is -2.11. The Bertz CT molecular complexity index is 1540. The van der Waals surface area contributed by atoms with E-state index in [0.717, 1.165) is 23.7 Å². The lowest BCUT2D eigenvalue weighted by atomic mass is 10.2. The summed E-state index contributed by atoms with van der Waals surface area (Å²) in [6, 6.07) is 22.3. The Kier molecular flexibility index (Phi) is 9.15. The van der Waals surface area contributed by atoms with Gasteiger partial charge in [-0.3, -0.25) is 9.36 Å². The van der Waals surface area contributed by atoms with Crippen LogP contribution in [0.1, 0.15) is 35.1 Å². The molecular formula is C28H28N4O5S2. The maximum atomic E-state index is 13.1. The standard InChI is InChI=1S/C28H28N4O5S2/c1-3-17-37-27(34)21-11-13-22(14-12-21)29-26(33)18-38-28-31-30-25(32(28)23-7-5-4-6-8-23)19-39(35,36)24-15-9-20(2)10-16-24/h4-16H,3,17-19H2,1-2H3,(H,29,33). The summed E-state index contributed by atoms with van der Waals surface area (Å²) >= 11 is 1.14. The Hall–Kier alpha value is -3.96.